The van der Waals surface area contributed by atoms with E-state index >= 15 is 0 Å². The fraction of sp³-hybridized carbons (Fsp3) is 0.562. The molecule has 1 rings (SSSR count). The average molecular weight is 294 g/mol. The zero-order chi connectivity index (χ0) is 15.7. The number of likely N-dealkylation sites (N-methyl/N-ethyl adjacent to an activating group) is 1. The lowest BCUT2D eigenvalue weighted by atomic mass is 10.1. The van der Waals surface area contributed by atoms with Crippen molar-refractivity contribution in [3.63, 3.8) is 0 Å². The lowest BCUT2D eigenvalue weighted by Crippen LogP contribution is -2.22. The highest BCUT2D eigenvalue weighted by molar-refractivity contribution is 5.92. The number of aliphatic hydroxyl groups excluding tert-OH is 1. The summed E-state index contributed by atoms with van der Waals surface area (Å²) in [5.74, 6) is -0.000505. The molecule has 0 aliphatic rings. The molecule has 1 unspecified atom stereocenters. The molecule has 0 saturated heterocycles. The van der Waals surface area contributed by atoms with E-state index in [2.05, 4.69) is 5.32 Å². The zero-order valence-electron chi connectivity index (χ0n) is 13.1. The normalized spacial score (nSPS) is 12.0. The van der Waals surface area contributed by atoms with Crippen LogP contribution < -0.4 is 10.2 Å². The predicted octanol–water partition coefficient (Wildman–Crippen LogP) is 2.12. The van der Waals surface area contributed by atoms with E-state index in [0.717, 1.165) is 24.2 Å². The standard InChI is InChI=1S/C16H26N2O3/c1-13(5-4-12-21-3)16(20)17-14-6-8-15(9-7-14)18(2)10-11-19/h6-9,13,19H,4-5,10-12H2,1-3H3,(H,17,20). The Hall–Kier alpha value is -1.59. The Labute approximate surface area is 126 Å². The summed E-state index contributed by atoms with van der Waals surface area (Å²) in [6.45, 7) is 3.31. The molecule has 5 nitrogen and oxygen atoms in total. The van der Waals surface area contributed by atoms with Crippen molar-refractivity contribution in [2.75, 3.05) is 44.1 Å². The third-order valence-corrected chi connectivity index (χ3v) is 3.44. The maximum atomic E-state index is 12.0. The van der Waals surface area contributed by atoms with Gasteiger partial charge in [0.05, 0.1) is 6.61 Å². The molecule has 0 aromatic heterocycles. The van der Waals surface area contributed by atoms with Crippen LogP contribution in [0.3, 0.4) is 0 Å². The molecule has 1 aromatic carbocycles. The molecule has 2 N–H and O–H groups in total. The van der Waals surface area contributed by atoms with Crippen LogP contribution >= 0.6 is 0 Å². The van der Waals surface area contributed by atoms with Gasteiger partial charge in [0.25, 0.3) is 0 Å². The molecular weight excluding hydrogens is 268 g/mol. The molecule has 0 aliphatic carbocycles. The third kappa shape index (κ3) is 6.14. The number of aliphatic hydroxyl groups is 1. The first-order valence-corrected chi connectivity index (χ1v) is 7.30. The van der Waals surface area contributed by atoms with Gasteiger partial charge < -0.3 is 20.1 Å². The number of amides is 1. The summed E-state index contributed by atoms with van der Waals surface area (Å²) in [6, 6.07) is 7.62. The number of nitrogens with zero attached hydrogens (tertiary/aromatic N) is 1. The van der Waals surface area contributed by atoms with Crippen molar-refractivity contribution in [2.45, 2.75) is 19.8 Å². The molecule has 0 radical (unpaired) electrons. The SMILES string of the molecule is COCCCC(C)C(=O)Nc1ccc(N(C)CCO)cc1. The van der Waals surface area contributed by atoms with Crippen molar-refractivity contribution in [3.05, 3.63) is 24.3 Å². The molecule has 0 saturated carbocycles. The van der Waals surface area contributed by atoms with Crippen LogP contribution in [0.5, 0.6) is 0 Å². The minimum absolute atomic E-state index is 0.0302. The van der Waals surface area contributed by atoms with Gasteiger partial charge in [-0.05, 0) is 37.1 Å². The first-order valence-electron chi connectivity index (χ1n) is 7.30. The number of ether oxygens (including phenoxy) is 1. The fourth-order valence-electron chi connectivity index (χ4n) is 2.01. The first kappa shape index (κ1) is 17.5. The summed E-state index contributed by atoms with van der Waals surface area (Å²) >= 11 is 0. The Morgan fingerprint density at radius 1 is 1.38 bits per heavy atom. The fourth-order valence-corrected chi connectivity index (χ4v) is 2.01. The second-order valence-corrected chi connectivity index (χ2v) is 5.22. The zero-order valence-corrected chi connectivity index (χ0v) is 13.1. The number of hydrogen-bond acceptors (Lipinski definition) is 4. The Kier molecular flexibility index (Phi) is 7.79. The second-order valence-electron chi connectivity index (χ2n) is 5.22. The summed E-state index contributed by atoms with van der Waals surface area (Å²) in [7, 11) is 3.59. The molecule has 0 bridgehead atoms. The van der Waals surface area contributed by atoms with Gasteiger partial charge in [0.1, 0.15) is 0 Å². The maximum absolute atomic E-state index is 12.0. The van der Waals surface area contributed by atoms with Crippen molar-refractivity contribution in [3.8, 4) is 0 Å². The summed E-state index contributed by atoms with van der Waals surface area (Å²) in [5, 5.41) is 11.8. The molecule has 1 aromatic rings. The highest BCUT2D eigenvalue weighted by Gasteiger charge is 2.12. The van der Waals surface area contributed by atoms with Crippen LogP contribution in [0.15, 0.2) is 24.3 Å². The van der Waals surface area contributed by atoms with E-state index in [1.54, 1.807) is 7.11 Å². The van der Waals surface area contributed by atoms with Gasteiger partial charge in [0.15, 0.2) is 0 Å². The number of carbonyl (C=O) groups excluding carboxylic acids is 1. The lowest BCUT2D eigenvalue weighted by Gasteiger charge is -2.18. The quantitative estimate of drug-likeness (QED) is 0.685. The van der Waals surface area contributed by atoms with E-state index in [1.165, 1.54) is 0 Å². The molecule has 0 heterocycles. The van der Waals surface area contributed by atoms with E-state index < -0.39 is 0 Å². The van der Waals surface area contributed by atoms with Crippen molar-refractivity contribution in [2.24, 2.45) is 5.92 Å². The molecule has 1 amide bonds. The highest BCUT2D eigenvalue weighted by atomic mass is 16.5. The van der Waals surface area contributed by atoms with Crippen molar-refractivity contribution < 1.29 is 14.6 Å². The van der Waals surface area contributed by atoms with Crippen LogP contribution in [-0.4, -0.2) is 44.9 Å². The molecule has 0 fully saturated rings. The molecule has 118 valence electrons. The van der Waals surface area contributed by atoms with Crippen LogP contribution in [0.4, 0.5) is 11.4 Å². The van der Waals surface area contributed by atoms with E-state index in [1.807, 2.05) is 43.1 Å². The molecule has 21 heavy (non-hydrogen) atoms. The first-order chi connectivity index (χ1) is 10.1. The van der Waals surface area contributed by atoms with Crippen molar-refractivity contribution in [1.82, 2.24) is 0 Å². The summed E-state index contributed by atoms with van der Waals surface area (Å²) < 4.78 is 4.99. The van der Waals surface area contributed by atoms with Crippen LogP contribution in [0.2, 0.25) is 0 Å². The van der Waals surface area contributed by atoms with Crippen LogP contribution in [0, 0.1) is 5.92 Å². The van der Waals surface area contributed by atoms with Gasteiger partial charge in [-0.15, -0.1) is 0 Å². The highest BCUT2D eigenvalue weighted by Crippen LogP contribution is 2.18. The number of anilines is 2. The Morgan fingerprint density at radius 2 is 2.05 bits per heavy atom. The van der Waals surface area contributed by atoms with E-state index in [0.29, 0.717) is 13.2 Å². The van der Waals surface area contributed by atoms with E-state index in [-0.39, 0.29) is 18.4 Å². The molecular formula is C16H26N2O3. The smallest absolute Gasteiger partial charge is 0.227 e. The Bertz CT molecular complexity index is 420. The maximum Gasteiger partial charge on any atom is 0.227 e. The number of rotatable bonds is 9. The van der Waals surface area contributed by atoms with Crippen molar-refractivity contribution in [1.29, 1.82) is 0 Å². The van der Waals surface area contributed by atoms with Gasteiger partial charge in [-0.1, -0.05) is 6.92 Å². The van der Waals surface area contributed by atoms with Gasteiger partial charge >= 0.3 is 0 Å². The summed E-state index contributed by atoms with van der Waals surface area (Å²) in [4.78, 5) is 14.0. The van der Waals surface area contributed by atoms with E-state index in [4.69, 9.17) is 9.84 Å². The monoisotopic (exact) mass is 294 g/mol. The van der Waals surface area contributed by atoms with Gasteiger partial charge in [-0.25, -0.2) is 0 Å². The number of nitrogens with one attached hydrogen (secondary N) is 1. The Balaban J connectivity index is 2.49. The average Bonchev–Trinajstić information content (AvgIpc) is 2.48. The van der Waals surface area contributed by atoms with E-state index in [9.17, 15) is 4.79 Å². The van der Waals surface area contributed by atoms with Crippen LogP contribution in [-0.2, 0) is 9.53 Å². The molecule has 1 atom stereocenters. The number of hydrogen-bond donors (Lipinski definition) is 2. The summed E-state index contributed by atoms with van der Waals surface area (Å²) in [6.07, 6.45) is 1.70. The third-order valence-electron chi connectivity index (χ3n) is 3.44. The van der Waals surface area contributed by atoms with Gasteiger partial charge in [-0.2, -0.15) is 0 Å². The Morgan fingerprint density at radius 3 is 2.62 bits per heavy atom. The van der Waals surface area contributed by atoms with Crippen LogP contribution in [0.1, 0.15) is 19.8 Å². The van der Waals surface area contributed by atoms with Gasteiger partial charge in [0.2, 0.25) is 5.91 Å². The number of methoxy groups -OCH3 is 1. The topological polar surface area (TPSA) is 61.8 Å². The van der Waals surface area contributed by atoms with Gasteiger partial charge in [0, 0.05) is 44.6 Å². The van der Waals surface area contributed by atoms with Gasteiger partial charge in [-0.3, -0.25) is 4.79 Å². The largest absolute Gasteiger partial charge is 0.395 e. The van der Waals surface area contributed by atoms with Crippen molar-refractivity contribution >= 4 is 17.3 Å². The predicted molar refractivity (Wildman–Crippen MR) is 85.7 cm³/mol. The number of carbonyl (C=O) groups is 1. The molecule has 5 heteroatoms. The summed E-state index contributed by atoms with van der Waals surface area (Å²) in [5.41, 5.74) is 1.80. The minimum atomic E-state index is -0.0307. The minimum Gasteiger partial charge on any atom is -0.395 e. The van der Waals surface area contributed by atoms with Crippen LogP contribution in [0.25, 0.3) is 0 Å². The number of benzene rings is 1. The second kappa shape index (κ2) is 9.37. The molecule has 0 aliphatic heterocycles. The lowest BCUT2D eigenvalue weighted by molar-refractivity contribution is -0.119. The molecule has 0 spiro atoms.